The van der Waals surface area contributed by atoms with Crippen molar-refractivity contribution in [3.63, 3.8) is 0 Å². The van der Waals surface area contributed by atoms with E-state index >= 15 is 0 Å². The van der Waals surface area contributed by atoms with Crippen LogP contribution in [0.5, 0.6) is 5.75 Å². The van der Waals surface area contributed by atoms with Gasteiger partial charge >= 0.3 is 6.09 Å². The third-order valence-corrected chi connectivity index (χ3v) is 6.05. The largest absolute Gasteiger partial charge is 0.489 e. The van der Waals surface area contributed by atoms with Gasteiger partial charge in [-0.2, -0.15) is 0 Å². The zero-order chi connectivity index (χ0) is 31.4. The first kappa shape index (κ1) is 34.1. The van der Waals surface area contributed by atoms with Gasteiger partial charge < -0.3 is 36.3 Å². The first-order valence-corrected chi connectivity index (χ1v) is 14.0. The molecular weight excluding hydrogens is 540 g/mol. The van der Waals surface area contributed by atoms with Crippen LogP contribution in [0.1, 0.15) is 59.1 Å². The molecule has 0 fully saturated rings. The Morgan fingerprint density at radius 1 is 0.833 bits per heavy atom. The van der Waals surface area contributed by atoms with Gasteiger partial charge in [0.15, 0.2) is 0 Å². The maximum absolute atomic E-state index is 13.4. The number of carbonyl (C=O) groups excluding carboxylic acids is 4. The highest BCUT2D eigenvalue weighted by Crippen LogP contribution is 2.16. The summed E-state index contributed by atoms with van der Waals surface area (Å²) in [6, 6.07) is 13.2. The molecule has 0 saturated carbocycles. The van der Waals surface area contributed by atoms with E-state index in [0.717, 1.165) is 5.56 Å². The quantitative estimate of drug-likeness (QED) is 0.227. The summed E-state index contributed by atoms with van der Waals surface area (Å²) < 4.78 is 11.1. The molecular formula is C31H44N4O7. The lowest BCUT2D eigenvalue weighted by molar-refractivity contribution is -0.133. The van der Waals surface area contributed by atoms with E-state index in [1.54, 1.807) is 45.0 Å². The Kier molecular flexibility index (Phi) is 12.8. The molecule has 0 aliphatic carbocycles. The minimum absolute atomic E-state index is 0.0286. The van der Waals surface area contributed by atoms with Crippen LogP contribution in [-0.2, 0) is 32.1 Å². The number of nitrogens with two attached hydrogens (primary N) is 1. The molecule has 0 aromatic heterocycles. The fraction of sp³-hybridized carbons (Fsp3) is 0.484. The number of rotatable bonds is 14. The Bertz CT molecular complexity index is 1180. The van der Waals surface area contributed by atoms with E-state index in [2.05, 4.69) is 16.0 Å². The number of amides is 4. The fourth-order valence-corrected chi connectivity index (χ4v) is 4.02. The molecule has 0 aliphatic rings. The first-order chi connectivity index (χ1) is 19.6. The molecule has 0 unspecified atom stereocenters. The number of nitrogens with one attached hydrogen (secondary N) is 3. The Labute approximate surface area is 247 Å². The summed E-state index contributed by atoms with van der Waals surface area (Å²) in [5.41, 5.74) is 6.29. The minimum atomic E-state index is -1.36. The summed E-state index contributed by atoms with van der Waals surface area (Å²) >= 11 is 0. The van der Waals surface area contributed by atoms with Gasteiger partial charge in [-0.3, -0.25) is 14.4 Å². The third kappa shape index (κ3) is 12.2. The summed E-state index contributed by atoms with van der Waals surface area (Å²) in [6.07, 6.45) is -1.70. The Balaban J connectivity index is 2.23. The Hall–Kier alpha value is -4.12. The van der Waals surface area contributed by atoms with Gasteiger partial charge in [-0.15, -0.1) is 0 Å². The summed E-state index contributed by atoms with van der Waals surface area (Å²) in [6.45, 7) is 10.6. The van der Waals surface area contributed by atoms with Crippen molar-refractivity contribution < 1.29 is 33.8 Å². The second-order valence-electron chi connectivity index (χ2n) is 11.6. The molecule has 11 heteroatoms. The highest BCUT2D eigenvalue weighted by Gasteiger charge is 2.32. The van der Waals surface area contributed by atoms with Crippen molar-refractivity contribution in [2.45, 2.75) is 90.8 Å². The summed E-state index contributed by atoms with van der Waals surface area (Å²) in [7, 11) is 0. The van der Waals surface area contributed by atoms with Gasteiger partial charge in [-0.1, -0.05) is 56.3 Å². The standard InChI is InChI=1S/C31H44N4O7/c1-19(2)16-24(34-30(40)42-31(4,5)6)28(38)33-25(29(39)35-26(20(3)36)27(32)37)17-21-12-14-23(15-13-21)41-18-22-10-8-7-9-11-22/h7-15,19-20,24-26,36H,16-18H2,1-6H3,(H2,32,37)(H,33,38)(H,34,40)(H,35,39)/t20-,24-,25+,26-/m0/s1. The fourth-order valence-electron chi connectivity index (χ4n) is 4.02. The summed E-state index contributed by atoms with van der Waals surface area (Å²) in [4.78, 5) is 51.0. The molecule has 0 spiro atoms. The molecule has 0 bridgehead atoms. The topological polar surface area (TPSA) is 169 Å². The zero-order valence-corrected chi connectivity index (χ0v) is 25.2. The van der Waals surface area contributed by atoms with E-state index in [1.807, 2.05) is 44.2 Å². The predicted octanol–water partition coefficient (Wildman–Crippen LogP) is 2.58. The normalized spacial score (nSPS) is 14.2. The molecule has 2 rings (SSSR count). The SMILES string of the molecule is CC(C)C[C@H](NC(=O)OC(C)(C)C)C(=O)N[C@H](Cc1ccc(OCc2ccccc2)cc1)C(=O)N[C@H](C(N)=O)[C@H](C)O. The van der Waals surface area contributed by atoms with Gasteiger partial charge in [0.05, 0.1) is 6.10 Å². The van der Waals surface area contributed by atoms with Crippen LogP contribution in [0, 0.1) is 5.92 Å². The number of hydrogen-bond donors (Lipinski definition) is 5. The van der Waals surface area contributed by atoms with Crippen LogP contribution >= 0.6 is 0 Å². The van der Waals surface area contributed by atoms with E-state index in [0.29, 0.717) is 17.9 Å². The van der Waals surface area contributed by atoms with Crippen molar-refractivity contribution >= 4 is 23.8 Å². The number of aliphatic hydroxyl groups is 1. The minimum Gasteiger partial charge on any atom is -0.489 e. The smallest absolute Gasteiger partial charge is 0.408 e. The molecule has 4 atom stereocenters. The monoisotopic (exact) mass is 584 g/mol. The van der Waals surface area contributed by atoms with Gasteiger partial charge in [0.25, 0.3) is 0 Å². The van der Waals surface area contributed by atoms with Crippen LogP contribution in [0.2, 0.25) is 0 Å². The summed E-state index contributed by atoms with van der Waals surface area (Å²) in [5.74, 6) is -1.61. The number of benzene rings is 2. The van der Waals surface area contributed by atoms with E-state index in [1.165, 1.54) is 6.92 Å². The zero-order valence-electron chi connectivity index (χ0n) is 25.2. The average Bonchev–Trinajstić information content (AvgIpc) is 2.89. The van der Waals surface area contributed by atoms with Crippen molar-refractivity contribution in [3.05, 3.63) is 65.7 Å². The second kappa shape index (κ2) is 15.8. The van der Waals surface area contributed by atoms with Crippen molar-refractivity contribution in [2.75, 3.05) is 0 Å². The molecule has 2 aromatic rings. The molecule has 230 valence electrons. The van der Waals surface area contributed by atoms with Gasteiger partial charge in [-0.25, -0.2) is 4.79 Å². The lowest BCUT2D eigenvalue weighted by Crippen LogP contribution is -2.59. The third-order valence-electron chi connectivity index (χ3n) is 6.05. The molecule has 0 heterocycles. The highest BCUT2D eigenvalue weighted by molar-refractivity contribution is 5.94. The van der Waals surface area contributed by atoms with E-state index in [9.17, 15) is 24.3 Å². The number of aliphatic hydroxyl groups excluding tert-OH is 1. The number of ether oxygens (including phenoxy) is 2. The van der Waals surface area contributed by atoms with Gasteiger partial charge in [0.2, 0.25) is 17.7 Å². The number of alkyl carbamates (subject to hydrolysis) is 1. The highest BCUT2D eigenvalue weighted by atomic mass is 16.6. The number of primary amides is 1. The first-order valence-electron chi connectivity index (χ1n) is 14.0. The van der Waals surface area contributed by atoms with Gasteiger partial charge in [0.1, 0.15) is 36.1 Å². The molecule has 2 aromatic carbocycles. The Morgan fingerprint density at radius 3 is 1.95 bits per heavy atom. The van der Waals surface area contributed by atoms with Crippen molar-refractivity contribution in [1.29, 1.82) is 0 Å². The van der Waals surface area contributed by atoms with Crippen LogP contribution in [0.15, 0.2) is 54.6 Å². The van der Waals surface area contributed by atoms with E-state index in [-0.39, 0.29) is 18.8 Å². The molecule has 0 saturated heterocycles. The van der Waals surface area contributed by atoms with E-state index < -0.39 is 53.6 Å². The molecule has 0 radical (unpaired) electrons. The van der Waals surface area contributed by atoms with Crippen LogP contribution in [0.4, 0.5) is 4.79 Å². The molecule has 11 nitrogen and oxygen atoms in total. The van der Waals surface area contributed by atoms with Gasteiger partial charge in [-0.05, 0) is 63.3 Å². The molecule has 42 heavy (non-hydrogen) atoms. The maximum atomic E-state index is 13.4. The van der Waals surface area contributed by atoms with Crippen molar-refractivity contribution in [1.82, 2.24) is 16.0 Å². The number of hydrogen-bond acceptors (Lipinski definition) is 7. The van der Waals surface area contributed by atoms with Crippen LogP contribution in [0.25, 0.3) is 0 Å². The predicted molar refractivity (Wildman–Crippen MR) is 158 cm³/mol. The van der Waals surface area contributed by atoms with E-state index in [4.69, 9.17) is 15.2 Å². The lowest BCUT2D eigenvalue weighted by atomic mass is 10.0. The van der Waals surface area contributed by atoms with Crippen molar-refractivity contribution in [3.8, 4) is 5.75 Å². The van der Waals surface area contributed by atoms with Crippen LogP contribution < -0.4 is 26.4 Å². The lowest BCUT2D eigenvalue weighted by Gasteiger charge is -2.27. The van der Waals surface area contributed by atoms with Crippen LogP contribution in [0.3, 0.4) is 0 Å². The average molecular weight is 585 g/mol. The Morgan fingerprint density at radius 2 is 1.43 bits per heavy atom. The summed E-state index contributed by atoms with van der Waals surface area (Å²) in [5, 5.41) is 17.7. The number of carbonyl (C=O) groups is 4. The maximum Gasteiger partial charge on any atom is 0.408 e. The molecule has 6 N–H and O–H groups in total. The molecule has 0 aliphatic heterocycles. The van der Waals surface area contributed by atoms with Crippen LogP contribution in [-0.4, -0.2) is 58.8 Å². The van der Waals surface area contributed by atoms with Gasteiger partial charge in [0, 0.05) is 6.42 Å². The van der Waals surface area contributed by atoms with Crippen molar-refractivity contribution in [2.24, 2.45) is 11.7 Å². The second-order valence-corrected chi connectivity index (χ2v) is 11.6. The molecule has 4 amide bonds.